The van der Waals surface area contributed by atoms with E-state index in [1.807, 2.05) is 19.1 Å². The predicted octanol–water partition coefficient (Wildman–Crippen LogP) is 4.49. The van der Waals surface area contributed by atoms with Gasteiger partial charge in [0.25, 0.3) is 0 Å². The highest BCUT2D eigenvalue weighted by Crippen LogP contribution is 2.36. The molecule has 1 unspecified atom stereocenters. The van der Waals surface area contributed by atoms with Crippen LogP contribution in [-0.2, 0) is 11.3 Å². The van der Waals surface area contributed by atoms with Gasteiger partial charge >= 0.3 is 6.09 Å². The molecule has 26 heavy (non-hydrogen) atoms. The number of hydrogen-bond donors (Lipinski definition) is 0. The first-order valence-electron chi connectivity index (χ1n) is 8.92. The van der Waals surface area contributed by atoms with E-state index >= 15 is 0 Å². The third-order valence-corrected chi connectivity index (χ3v) is 6.23. The topological polar surface area (TPSA) is 45.7 Å². The SMILES string of the molecule is Cc1nc(CN2CCCC3(CC2)CN(c2ccc(Cl)cc2)C(=O)O3)cs1. The van der Waals surface area contributed by atoms with Crippen LogP contribution >= 0.6 is 22.9 Å². The van der Waals surface area contributed by atoms with Crippen LogP contribution < -0.4 is 4.90 Å². The molecule has 7 heteroatoms. The Balaban J connectivity index is 1.43. The second kappa shape index (κ2) is 7.18. The molecule has 0 aliphatic carbocycles. The maximum absolute atomic E-state index is 12.5. The van der Waals surface area contributed by atoms with Crippen LogP contribution in [0.3, 0.4) is 0 Å². The van der Waals surface area contributed by atoms with Crippen molar-refractivity contribution in [2.75, 3.05) is 24.5 Å². The molecule has 5 nitrogen and oxygen atoms in total. The zero-order valence-corrected chi connectivity index (χ0v) is 16.4. The van der Waals surface area contributed by atoms with Crippen molar-refractivity contribution in [1.29, 1.82) is 0 Å². The van der Waals surface area contributed by atoms with Crippen LogP contribution in [0.1, 0.15) is 30.0 Å². The molecule has 2 aromatic rings. The summed E-state index contributed by atoms with van der Waals surface area (Å²) in [5, 5.41) is 3.90. The predicted molar refractivity (Wildman–Crippen MR) is 104 cm³/mol. The van der Waals surface area contributed by atoms with E-state index in [1.165, 1.54) is 0 Å². The lowest BCUT2D eigenvalue weighted by molar-refractivity contribution is 0.0443. The second-order valence-electron chi connectivity index (χ2n) is 7.10. The van der Waals surface area contributed by atoms with Crippen molar-refractivity contribution in [2.45, 2.75) is 38.3 Å². The van der Waals surface area contributed by atoms with Crippen LogP contribution in [0.2, 0.25) is 5.02 Å². The van der Waals surface area contributed by atoms with E-state index in [0.717, 1.165) is 55.3 Å². The zero-order valence-electron chi connectivity index (χ0n) is 14.8. The van der Waals surface area contributed by atoms with Crippen LogP contribution in [0.15, 0.2) is 29.6 Å². The summed E-state index contributed by atoms with van der Waals surface area (Å²) in [4.78, 5) is 21.2. The van der Waals surface area contributed by atoms with Crippen molar-refractivity contribution in [3.8, 4) is 0 Å². The number of nitrogens with zero attached hydrogens (tertiary/aromatic N) is 3. The lowest BCUT2D eigenvalue weighted by Crippen LogP contribution is -2.36. The van der Waals surface area contributed by atoms with Crippen LogP contribution in [0.25, 0.3) is 0 Å². The van der Waals surface area contributed by atoms with Gasteiger partial charge in [0.15, 0.2) is 0 Å². The molecule has 0 saturated carbocycles. The number of halogens is 1. The number of benzene rings is 1. The third-order valence-electron chi connectivity index (χ3n) is 5.15. The van der Waals surface area contributed by atoms with Crippen molar-refractivity contribution in [1.82, 2.24) is 9.88 Å². The van der Waals surface area contributed by atoms with Gasteiger partial charge in [0.2, 0.25) is 0 Å². The van der Waals surface area contributed by atoms with E-state index in [9.17, 15) is 4.79 Å². The molecule has 0 bridgehead atoms. The zero-order chi connectivity index (χ0) is 18.1. The van der Waals surface area contributed by atoms with Crippen molar-refractivity contribution in [3.05, 3.63) is 45.4 Å². The van der Waals surface area contributed by atoms with Gasteiger partial charge in [-0.2, -0.15) is 0 Å². The fraction of sp³-hybridized carbons (Fsp3) is 0.474. The molecule has 1 aromatic carbocycles. The average Bonchev–Trinajstić information content (AvgIpc) is 3.10. The molecule has 1 amide bonds. The van der Waals surface area contributed by atoms with E-state index in [-0.39, 0.29) is 11.7 Å². The molecule has 1 atom stereocenters. The number of likely N-dealkylation sites (tertiary alicyclic amines) is 1. The summed E-state index contributed by atoms with van der Waals surface area (Å²) in [7, 11) is 0. The Labute approximate surface area is 162 Å². The maximum Gasteiger partial charge on any atom is 0.415 e. The van der Waals surface area contributed by atoms with Crippen LogP contribution in [0, 0.1) is 6.92 Å². The molecule has 2 aliphatic heterocycles. The van der Waals surface area contributed by atoms with Gasteiger partial charge in [0.05, 0.1) is 17.2 Å². The van der Waals surface area contributed by atoms with Crippen molar-refractivity contribution < 1.29 is 9.53 Å². The molecule has 3 heterocycles. The molecular formula is C19H22ClN3O2S. The van der Waals surface area contributed by atoms with Gasteiger partial charge in [0, 0.05) is 35.6 Å². The smallest absolute Gasteiger partial charge is 0.415 e. The second-order valence-corrected chi connectivity index (χ2v) is 8.60. The number of carbonyl (C=O) groups is 1. The first-order chi connectivity index (χ1) is 12.5. The van der Waals surface area contributed by atoms with Crippen LogP contribution in [0.4, 0.5) is 10.5 Å². The molecule has 2 saturated heterocycles. The van der Waals surface area contributed by atoms with Gasteiger partial charge in [-0.3, -0.25) is 9.80 Å². The highest BCUT2D eigenvalue weighted by atomic mass is 35.5. The minimum Gasteiger partial charge on any atom is -0.441 e. The Morgan fingerprint density at radius 1 is 1.27 bits per heavy atom. The molecule has 0 radical (unpaired) electrons. The Kier molecular flexibility index (Phi) is 4.90. The number of amides is 1. The number of aromatic nitrogens is 1. The Bertz CT molecular complexity index is 794. The van der Waals surface area contributed by atoms with E-state index < -0.39 is 0 Å². The third kappa shape index (κ3) is 3.72. The minimum absolute atomic E-state index is 0.254. The molecule has 2 fully saturated rings. The fourth-order valence-corrected chi connectivity index (χ4v) is 4.52. The van der Waals surface area contributed by atoms with E-state index in [0.29, 0.717) is 11.6 Å². The molecule has 2 aliphatic rings. The first-order valence-corrected chi connectivity index (χ1v) is 10.2. The Hall–Kier alpha value is -1.63. The summed E-state index contributed by atoms with van der Waals surface area (Å²) in [6, 6.07) is 7.35. The van der Waals surface area contributed by atoms with Gasteiger partial charge < -0.3 is 4.74 Å². The molecule has 1 aromatic heterocycles. The minimum atomic E-state index is -0.385. The fourth-order valence-electron chi connectivity index (χ4n) is 3.79. The molecule has 138 valence electrons. The number of anilines is 1. The summed E-state index contributed by atoms with van der Waals surface area (Å²) in [5.41, 5.74) is 1.59. The van der Waals surface area contributed by atoms with Crippen LogP contribution in [0.5, 0.6) is 0 Å². The summed E-state index contributed by atoms with van der Waals surface area (Å²) < 4.78 is 5.88. The van der Waals surface area contributed by atoms with Gasteiger partial charge in [0.1, 0.15) is 5.60 Å². The summed E-state index contributed by atoms with van der Waals surface area (Å²) in [6.07, 6.45) is 2.52. The first kappa shape index (κ1) is 17.8. The summed E-state index contributed by atoms with van der Waals surface area (Å²) in [6.45, 7) is 5.44. The van der Waals surface area contributed by atoms with Gasteiger partial charge in [-0.25, -0.2) is 9.78 Å². The van der Waals surface area contributed by atoms with Gasteiger partial charge in [-0.1, -0.05) is 11.6 Å². The summed E-state index contributed by atoms with van der Waals surface area (Å²) >= 11 is 7.65. The molecule has 4 rings (SSSR count). The van der Waals surface area contributed by atoms with Gasteiger partial charge in [-0.15, -0.1) is 11.3 Å². The molecule has 0 N–H and O–H groups in total. The highest BCUT2D eigenvalue weighted by molar-refractivity contribution is 7.09. The number of ether oxygens (including phenoxy) is 1. The van der Waals surface area contributed by atoms with Crippen LogP contribution in [-0.4, -0.2) is 41.2 Å². The van der Waals surface area contributed by atoms with Crippen molar-refractivity contribution >= 4 is 34.7 Å². The summed E-state index contributed by atoms with van der Waals surface area (Å²) in [5.74, 6) is 0. The quantitative estimate of drug-likeness (QED) is 0.773. The van der Waals surface area contributed by atoms with Gasteiger partial charge in [-0.05, 0) is 50.6 Å². The highest BCUT2D eigenvalue weighted by Gasteiger charge is 2.46. The number of aryl methyl sites for hydroxylation is 1. The van der Waals surface area contributed by atoms with Crippen molar-refractivity contribution in [2.24, 2.45) is 0 Å². The molecular weight excluding hydrogens is 370 g/mol. The number of rotatable bonds is 3. The standard InChI is InChI=1S/C19H22ClN3O2S/c1-14-21-16(12-26-14)11-22-9-2-7-19(8-10-22)13-23(18(24)25-19)17-5-3-15(20)4-6-17/h3-6,12H,2,7-11,13H2,1H3. The number of hydrogen-bond acceptors (Lipinski definition) is 5. The number of thiazole rings is 1. The Morgan fingerprint density at radius 3 is 2.81 bits per heavy atom. The molecule has 1 spiro atoms. The monoisotopic (exact) mass is 391 g/mol. The normalized spacial score (nSPS) is 24.1. The Morgan fingerprint density at radius 2 is 2.08 bits per heavy atom. The lowest BCUT2D eigenvalue weighted by Gasteiger charge is -2.25. The largest absolute Gasteiger partial charge is 0.441 e. The van der Waals surface area contributed by atoms with E-state index in [1.54, 1.807) is 28.4 Å². The average molecular weight is 392 g/mol. The lowest BCUT2D eigenvalue weighted by atomic mass is 9.95. The van der Waals surface area contributed by atoms with Crippen molar-refractivity contribution in [3.63, 3.8) is 0 Å². The maximum atomic E-state index is 12.5. The van der Waals surface area contributed by atoms with E-state index in [2.05, 4.69) is 15.3 Å². The van der Waals surface area contributed by atoms with E-state index in [4.69, 9.17) is 16.3 Å². The number of carbonyl (C=O) groups excluding carboxylic acids is 1.